The van der Waals surface area contributed by atoms with Crippen LogP contribution in [0.2, 0.25) is 0 Å². The van der Waals surface area contributed by atoms with Crippen LogP contribution in [-0.4, -0.2) is 21.5 Å². The van der Waals surface area contributed by atoms with E-state index in [1.807, 2.05) is 18.3 Å². The molecule has 0 aliphatic heterocycles. The molecular weight excluding hydrogens is 214 g/mol. The molecule has 0 radical (unpaired) electrons. The molecule has 0 unspecified atom stereocenters. The van der Waals surface area contributed by atoms with E-state index >= 15 is 0 Å². The Hall–Kier alpha value is -2.35. The van der Waals surface area contributed by atoms with Crippen molar-refractivity contribution < 1.29 is 0 Å². The second-order valence-electron chi connectivity index (χ2n) is 3.58. The zero-order valence-electron chi connectivity index (χ0n) is 9.35. The lowest BCUT2D eigenvalue weighted by Crippen LogP contribution is -2.05. The quantitative estimate of drug-likeness (QED) is 0.762. The van der Waals surface area contributed by atoms with Gasteiger partial charge < -0.3 is 10.3 Å². The molecule has 2 aromatic heterocycles. The maximum atomic E-state index is 8.86. The topological polar surface area (TPSA) is 77.4 Å². The fourth-order valence-electron chi connectivity index (χ4n) is 1.55. The predicted molar refractivity (Wildman–Crippen MR) is 64.4 cm³/mol. The molecular formula is C12H13N5. The first-order valence-corrected chi connectivity index (χ1v) is 5.47. The number of aryl methyl sites for hydroxylation is 1. The third-order valence-electron chi connectivity index (χ3n) is 2.37. The van der Waals surface area contributed by atoms with Gasteiger partial charge in [-0.05, 0) is 18.6 Å². The van der Waals surface area contributed by atoms with Crippen molar-refractivity contribution in [3.8, 4) is 6.07 Å². The van der Waals surface area contributed by atoms with Gasteiger partial charge in [-0.2, -0.15) is 5.26 Å². The van der Waals surface area contributed by atoms with E-state index in [1.165, 1.54) is 0 Å². The standard InChI is InChI=1S/C12H13N5/c13-9-11-10(3-1-5-15-11)14-6-2-4-12-16-7-8-17-12/h1,3,5,7-8,14H,2,4,6H2,(H,16,17). The van der Waals surface area contributed by atoms with Crippen LogP contribution < -0.4 is 5.32 Å². The fraction of sp³-hybridized carbons (Fsp3) is 0.250. The Labute approximate surface area is 99.5 Å². The SMILES string of the molecule is N#Cc1ncccc1NCCCc1ncc[nH]1. The van der Waals surface area contributed by atoms with E-state index in [0.29, 0.717) is 5.69 Å². The minimum Gasteiger partial charge on any atom is -0.383 e. The number of hydrogen-bond acceptors (Lipinski definition) is 4. The van der Waals surface area contributed by atoms with Crippen molar-refractivity contribution in [1.29, 1.82) is 5.26 Å². The molecule has 0 aliphatic carbocycles. The van der Waals surface area contributed by atoms with Crippen LogP contribution in [0, 0.1) is 11.3 Å². The third-order valence-corrected chi connectivity index (χ3v) is 2.37. The second kappa shape index (κ2) is 5.66. The van der Waals surface area contributed by atoms with Gasteiger partial charge in [0.1, 0.15) is 11.9 Å². The summed E-state index contributed by atoms with van der Waals surface area (Å²) < 4.78 is 0. The van der Waals surface area contributed by atoms with Gasteiger partial charge in [0, 0.05) is 31.6 Å². The van der Waals surface area contributed by atoms with Crippen molar-refractivity contribution in [3.63, 3.8) is 0 Å². The van der Waals surface area contributed by atoms with Crippen LogP contribution in [0.15, 0.2) is 30.7 Å². The molecule has 2 heterocycles. The number of aromatic amines is 1. The molecule has 0 saturated heterocycles. The second-order valence-corrected chi connectivity index (χ2v) is 3.58. The van der Waals surface area contributed by atoms with E-state index in [2.05, 4.69) is 26.3 Å². The summed E-state index contributed by atoms with van der Waals surface area (Å²) in [6.07, 6.45) is 7.03. The smallest absolute Gasteiger partial charge is 0.163 e. The van der Waals surface area contributed by atoms with Crippen molar-refractivity contribution >= 4 is 5.69 Å². The Kier molecular flexibility index (Phi) is 3.71. The molecule has 5 heteroatoms. The first kappa shape index (κ1) is 11.1. The molecule has 0 bridgehead atoms. The first-order valence-electron chi connectivity index (χ1n) is 5.47. The molecule has 5 nitrogen and oxygen atoms in total. The molecule has 0 aromatic carbocycles. The van der Waals surface area contributed by atoms with E-state index in [-0.39, 0.29) is 0 Å². The molecule has 2 aromatic rings. The largest absolute Gasteiger partial charge is 0.383 e. The van der Waals surface area contributed by atoms with Crippen LogP contribution in [0.5, 0.6) is 0 Å². The zero-order valence-corrected chi connectivity index (χ0v) is 9.35. The Morgan fingerprint density at radius 1 is 1.35 bits per heavy atom. The van der Waals surface area contributed by atoms with E-state index in [1.54, 1.807) is 12.4 Å². The van der Waals surface area contributed by atoms with Gasteiger partial charge in [0.25, 0.3) is 0 Å². The summed E-state index contributed by atoms with van der Waals surface area (Å²) in [5.74, 6) is 0.985. The highest BCUT2D eigenvalue weighted by molar-refractivity contribution is 5.53. The van der Waals surface area contributed by atoms with Crippen LogP contribution in [0.1, 0.15) is 17.9 Å². The summed E-state index contributed by atoms with van der Waals surface area (Å²) >= 11 is 0. The summed E-state index contributed by atoms with van der Waals surface area (Å²) in [4.78, 5) is 11.2. The molecule has 0 amide bonds. The normalized spacial score (nSPS) is 9.82. The molecule has 2 rings (SSSR count). The Balaban J connectivity index is 1.80. The minimum atomic E-state index is 0.436. The highest BCUT2D eigenvalue weighted by atomic mass is 14.9. The van der Waals surface area contributed by atoms with Gasteiger partial charge >= 0.3 is 0 Å². The lowest BCUT2D eigenvalue weighted by molar-refractivity contribution is 0.816. The number of nitrogens with zero attached hydrogens (tertiary/aromatic N) is 3. The van der Waals surface area contributed by atoms with E-state index in [9.17, 15) is 0 Å². The predicted octanol–water partition coefficient (Wildman–Crippen LogP) is 1.72. The number of anilines is 1. The first-order chi connectivity index (χ1) is 8.40. The Morgan fingerprint density at radius 3 is 3.06 bits per heavy atom. The number of pyridine rings is 1. The highest BCUT2D eigenvalue weighted by Gasteiger charge is 2.01. The monoisotopic (exact) mass is 227 g/mol. The average Bonchev–Trinajstić information content (AvgIpc) is 2.88. The number of hydrogen-bond donors (Lipinski definition) is 2. The number of H-pyrrole nitrogens is 1. The maximum Gasteiger partial charge on any atom is 0.163 e. The van der Waals surface area contributed by atoms with Crippen molar-refractivity contribution in [3.05, 3.63) is 42.2 Å². The molecule has 17 heavy (non-hydrogen) atoms. The molecule has 0 saturated carbocycles. The van der Waals surface area contributed by atoms with E-state index < -0.39 is 0 Å². The Morgan fingerprint density at radius 2 is 2.29 bits per heavy atom. The van der Waals surface area contributed by atoms with Crippen molar-refractivity contribution in [1.82, 2.24) is 15.0 Å². The Bertz CT molecular complexity index is 498. The molecule has 0 fully saturated rings. The van der Waals surface area contributed by atoms with Gasteiger partial charge in [0.2, 0.25) is 0 Å². The summed E-state index contributed by atoms with van der Waals surface area (Å²) in [7, 11) is 0. The summed E-state index contributed by atoms with van der Waals surface area (Å²) in [6, 6.07) is 5.73. The maximum absolute atomic E-state index is 8.86. The van der Waals surface area contributed by atoms with E-state index in [4.69, 9.17) is 5.26 Å². The van der Waals surface area contributed by atoms with Gasteiger partial charge in [-0.3, -0.25) is 0 Å². The molecule has 0 atom stereocenters. The summed E-state index contributed by atoms with van der Waals surface area (Å²) in [5, 5.41) is 12.1. The van der Waals surface area contributed by atoms with Crippen LogP contribution >= 0.6 is 0 Å². The van der Waals surface area contributed by atoms with Gasteiger partial charge in [0.15, 0.2) is 5.69 Å². The van der Waals surface area contributed by atoms with Crippen LogP contribution in [0.4, 0.5) is 5.69 Å². The average molecular weight is 227 g/mol. The van der Waals surface area contributed by atoms with Crippen LogP contribution in [0.3, 0.4) is 0 Å². The lowest BCUT2D eigenvalue weighted by atomic mass is 10.2. The van der Waals surface area contributed by atoms with Crippen LogP contribution in [0.25, 0.3) is 0 Å². The van der Waals surface area contributed by atoms with Gasteiger partial charge in [0.05, 0.1) is 5.69 Å². The highest BCUT2D eigenvalue weighted by Crippen LogP contribution is 2.10. The number of aromatic nitrogens is 3. The van der Waals surface area contributed by atoms with Crippen molar-refractivity contribution in [2.45, 2.75) is 12.8 Å². The summed E-state index contributed by atoms with van der Waals surface area (Å²) in [6.45, 7) is 0.793. The molecule has 86 valence electrons. The van der Waals surface area contributed by atoms with Gasteiger partial charge in [-0.25, -0.2) is 9.97 Å². The number of nitriles is 1. The molecule has 2 N–H and O–H groups in total. The number of nitrogens with one attached hydrogen (secondary N) is 2. The number of imidazole rings is 1. The number of rotatable bonds is 5. The van der Waals surface area contributed by atoms with Gasteiger partial charge in [-0.1, -0.05) is 0 Å². The lowest BCUT2D eigenvalue weighted by Gasteiger charge is -2.06. The minimum absolute atomic E-state index is 0.436. The molecule has 0 aliphatic rings. The molecule has 0 spiro atoms. The zero-order chi connectivity index (χ0) is 11.9. The van der Waals surface area contributed by atoms with Gasteiger partial charge in [-0.15, -0.1) is 0 Å². The summed E-state index contributed by atoms with van der Waals surface area (Å²) in [5.41, 5.74) is 1.22. The van der Waals surface area contributed by atoms with Crippen molar-refractivity contribution in [2.75, 3.05) is 11.9 Å². The van der Waals surface area contributed by atoms with Crippen molar-refractivity contribution in [2.24, 2.45) is 0 Å². The van der Waals surface area contributed by atoms with Crippen LogP contribution in [-0.2, 0) is 6.42 Å². The van der Waals surface area contributed by atoms with E-state index in [0.717, 1.165) is 30.9 Å². The fourth-order valence-corrected chi connectivity index (χ4v) is 1.55. The third kappa shape index (κ3) is 3.05.